The Morgan fingerprint density at radius 1 is 1.36 bits per heavy atom. The quantitative estimate of drug-likeness (QED) is 0.712. The van der Waals surface area contributed by atoms with E-state index >= 15 is 0 Å². The Morgan fingerprint density at radius 3 is 2.91 bits per heavy atom. The topological polar surface area (TPSA) is 138 Å². The third-order valence-corrected chi connectivity index (χ3v) is 3.03. The minimum absolute atomic E-state index is 0.0301. The molecule has 0 unspecified atom stereocenters. The zero-order valence-corrected chi connectivity index (χ0v) is 11.7. The first-order valence-electron chi connectivity index (χ1n) is 6.04. The highest BCUT2D eigenvalue weighted by Gasteiger charge is 2.19. The first kappa shape index (κ1) is 13.9. The summed E-state index contributed by atoms with van der Waals surface area (Å²) < 4.78 is 5.71. The van der Waals surface area contributed by atoms with Gasteiger partial charge in [0.2, 0.25) is 11.7 Å². The molecule has 0 aliphatic carbocycles. The number of aromatic nitrogens is 6. The van der Waals surface area contributed by atoms with Gasteiger partial charge in [-0.25, -0.2) is 9.31 Å². The Hall–Kier alpha value is -3.01. The Kier molecular flexibility index (Phi) is 3.66. The number of amides is 1. The molecule has 3 N–H and O–H groups in total. The van der Waals surface area contributed by atoms with Crippen LogP contribution >= 0.6 is 11.6 Å². The largest absolute Gasteiger partial charge is 0.379 e. The Balaban J connectivity index is 1.77. The number of nitrogens with one attached hydrogen (secondary N) is 1. The van der Waals surface area contributed by atoms with E-state index in [0.717, 1.165) is 0 Å². The number of para-hydroxylation sites is 1. The average Bonchev–Trinajstić information content (AvgIpc) is 3.10. The number of halogens is 1. The van der Waals surface area contributed by atoms with Crippen molar-refractivity contribution in [1.29, 1.82) is 0 Å². The van der Waals surface area contributed by atoms with E-state index in [4.69, 9.17) is 17.3 Å². The fraction of sp³-hybridized carbons (Fsp3) is 0.0909. The second-order valence-electron chi connectivity index (χ2n) is 4.19. The van der Waals surface area contributed by atoms with Crippen LogP contribution in [0.4, 0.5) is 11.5 Å². The number of anilines is 2. The van der Waals surface area contributed by atoms with Gasteiger partial charge >= 0.3 is 0 Å². The molecule has 0 aliphatic rings. The minimum Gasteiger partial charge on any atom is -0.379 e. The highest BCUT2D eigenvalue weighted by molar-refractivity contribution is 6.33. The van der Waals surface area contributed by atoms with E-state index in [1.54, 1.807) is 24.3 Å². The van der Waals surface area contributed by atoms with Crippen LogP contribution in [0.2, 0.25) is 5.02 Å². The number of nitrogens with zero attached hydrogens (tertiary/aromatic N) is 6. The van der Waals surface area contributed by atoms with Gasteiger partial charge in [0.15, 0.2) is 11.5 Å². The molecule has 0 aliphatic heterocycles. The highest BCUT2D eigenvalue weighted by Crippen LogP contribution is 2.21. The van der Waals surface area contributed by atoms with Gasteiger partial charge in [-0.3, -0.25) is 4.79 Å². The van der Waals surface area contributed by atoms with Crippen molar-refractivity contribution in [2.75, 3.05) is 11.1 Å². The van der Waals surface area contributed by atoms with E-state index in [2.05, 4.69) is 35.8 Å². The first-order chi connectivity index (χ1) is 10.6. The molecule has 2 heterocycles. The van der Waals surface area contributed by atoms with E-state index < -0.39 is 0 Å². The number of rotatable bonds is 4. The van der Waals surface area contributed by atoms with Crippen LogP contribution in [0.15, 0.2) is 28.9 Å². The fourth-order valence-corrected chi connectivity index (χ4v) is 1.90. The number of nitrogen functional groups attached to an aromatic ring is 1. The fourth-order valence-electron chi connectivity index (χ4n) is 1.72. The highest BCUT2D eigenvalue weighted by atomic mass is 35.5. The molecule has 0 saturated carbocycles. The predicted molar refractivity (Wildman–Crippen MR) is 75.6 cm³/mol. The third-order valence-electron chi connectivity index (χ3n) is 2.70. The molecule has 22 heavy (non-hydrogen) atoms. The van der Waals surface area contributed by atoms with E-state index in [0.29, 0.717) is 10.7 Å². The van der Waals surface area contributed by atoms with E-state index in [1.807, 2.05) is 0 Å². The van der Waals surface area contributed by atoms with Gasteiger partial charge in [-0.1, -0.05) is 23.7 Å². The molecule has 3 aromatic rings. The van der Waals surface area contributed by atoms with E-state index in [-0.39, 0.29) is 29.8 Å². The average molecular weight is 321 g/mol. The van der Waals surface area contributed by atoms with Crippen molar-refractivity contribution < 1.29 is 9.42 Å². The number of carbonyl (C=O) groups excluding carboxylic acids is 1. The molecule has 0 fully saturated rings. The van der Waals surface area contributed by atoms with Gasteiger partial charge in [-0.2, -0.15) is 0 Å². The monoisotopic (exact) mass is 320 g/mol. The number of hydrogen-bond acceptors (Lipinski definition) is 8. The van der Waals surface area contributed by atoms with Crippen molar-refractivity contribution in [2.24, 2.45) is 0 Å². The molecule has 2 aromatic heterocycles. The van der Waals surface area contributed by atoms with Crippen molar-refractivity contribution in [2.45, 2.75) is 6.54 Å². The molecule has 11 heteroatoms. The number of tetrazole rings is 1. The second-order valence-corrected chi connectivity index (χ2v) is 4.59. The molecule has 0 radical (unpaired) electrons. The molecule has 0 saturated heterocycles. The molecule has 1 amide bonds. The zero-order chi connectivity index (χ0) is 15.5. The standard InChI is InChI=1S/C11H9ClN8O2/c12-6-3-1-2-4-7(6)14-8(21)5-20-11(15-18-19-20)9-10(13)17-22-16-9/h1-4H,5H2,(H2,13,17)(H,14,21). The number of carbonyl (C=O) groups is 1. The maximum Gasteiger partial charge on any atom is 0.246 e. The molecular weight excluding hydrogens is 312 g/mol. The summed E-state index contributed by atoms with van der Waals surface area (Å²) in [5.41, 5.74) is 6.24. The molecule has 0 atom stereocenters. The number of benzene rings is 1. The van der Waals surface area contributed by atoms with E-state index in [9.17, 15) is 4.79 Å². The number of hydrogen-bond donors (Lipinski definition) is 2. The van der Waals surface area contributed by atoms with Gasteiger partial charge < -0.3 is 11.1 Å². The summed E-state index contributed by atoms with van der Waals surface area (Å²) in [7, 11) is 0. The summed E-state index contributed by atoms with van der Waals surface area (Å²) in [6.07, 6.45) is 0. The maximum absolute atomic E-state index is 12.1. The molecular formula is C11H9ClN8O2. The van der Waals surface area contributed by atoms with Gasteiger partial charge in [0.05, 0.1) is 10.7 Å². The summed E-state index contributed by atoms with van der Waals surface area (Å²) >= 11 is 5.97. The van der Waals surface area contributed by atoms with Gasteiger partial charge in [0, 0.05) is 0 Å². The lowest BCUT2D eigenvalue weighted by molar-refractivity contribution is -0.116. The normalized spacial score (nSPS) is 10.6. The Bertz CT molecular complexity index is 814. The van der Waals surface area contributed by atoms with Crippen molar-refractivity contribution >= 4 is 29.0 Å². The molecule has 3 rings (SSSR count). The van der Waals surface area contributed by atoms with Crippen molar-refractivity contribution in [3.63, 3.8) is 0 Å². The minimum atomic E-state index is -0.364. The summed E-state index contributed by atoms with van der Waals surface area (Å²) in [4.78, 5) is 12.1. The van der Waals surface area contributed by atoms with Gasteiger partial charge in [-0.05, 0) is 32.9 Å². The van der Waals surface area contributed by atoms with Crippen LogP contribution in [0.25, 0.3) is 11.5 Å². The summed E-state index contributed by atoms with van der Waals surface area (Å²) in [5, 5.41) is 21.1. The summed E-state index contributed by atoms with van der Waals surface area (Å²) in [5.74, 6) is -0.160. The van der Waals surface area contributed by atoms with Crippen LogP contribution < -0.4 is 11.1 Å². The molecule has 1 aromatic carbocycles. The van der Waals surface area contributed by atoms with Gasteiger partial charge in [0.1, 0.15) is 6.54 Å². The maximum atomic E-state index is 12.1. The molecule has 10 nitrogen and oxygen atoms in total. The molecule has 0 spiro atoms. The Morgan fingerprint density at radius 2 is 2.18 bits per heavy atom. The van der Waals surface area contributed by atoms with Crippen LogP contribution in [-0.4, -0.2) is 36.4 Å². The van der Waals surface area contributed by atoms with Crippen molar-refractivity contribution in [3.8, 4) is 11.5 Å². The van der Waals surface area contributed by atoms with Crippen LogP contribution in [-0.2, 0) is 11.3 Å². The molecule has 112 valence electrons. The zero-order valence-electron chi connectivity index (χ0n) is 11.0. The molecule has 0 bridgehead atoms. The van der Waals surface area contributed by atoms with Gasteiger partial charge in [-0.15, -0.1) is 5.10 Å². The van der Waals surface area contributed by atoms with E-state index in [1.165, 1.54) is 4.68 Å². The van der Waals surface area contributed by atoms with Gasteiger partial charge in [0.25, 0.3) is 0 Å². The first-order valence-corrected chi connectivity index (χ1v) is 6.42. The smallest absolute Gasteiger partial charge is 0.246 e. The second kappa shape index (κ2) is 5.77. The van der Waals surface area contributed by atoms with Crippen molar-refractivity contribution in [3.05, 3.63) is 29.3 Å². The van der Waals surface area contributed by atoms with Crippen LogP contribution in [0.1, 0.15) is 0 Å². The SMILES string of the molecule is Nc1nonc1-c1nnnn1CC(=O)Nc1ccccc1Cl. The van der Waals surface area contributed by atoms with Crippen molar-refractivity contribution in [1.82, 2.24) is 30.5 Å². The lowest BCUT2D eigenvalue weighted by atomic mass is 10.3. The van der Waals surface area contributed by atoms with Crippen LogP contribution in [0.3, 0.4) is 0 Å². The summed E-state index contributed by atoms with van der Waals surface area (Å²) in [6, 6.07) is 6.87. The third kappa shape index (κ3) is 2.72. The number of nitrogens with two attached hydrogens (primary N) is 1. The predicted octanol–water partition coefficient (Wildman–Crippen LogP) is 0.597. The lowest BCUT2D eigenvalue weighted by Gasteiger charge is -2.07. The Labute approximate surface area is 128 Å². The lowest BCUT2D eigenvalue weighted by Crippen LogP contribution is -2.20. The van der Waals surface area contributed by atoms with Crippen LogP contribution in [0, 0.1) is 0 Å². The van der Waals surface area contributed by atoms with Crippen LogP contribution in [0.5, 0.6) is 0 Å². The summed E-state index contributed by atoms with van der Waals surface area (Å²) in [6.45, 7) is -0.153.